The van der Waals surface area contributed by atoms with Crippen molar-refractivity contribution in [1.29, 1.82) is 0 Å². The molecule has 0 spiro atoms. The fraction of sp³-hybridized carbons (Fsp3) is 0.312. The normalized spacial score (nSPS) is 31.0. The molecule has 7 heteroatoms. The molecule has 0 radical (unpaired) electrons. The van der Waals surface area contributed by atoms with Gasteiger partial charge in [0.2, 0.25) is 6.29 Å². The number of carboxylic acids is 1. The van der Waals surface area contributed by atoms with Gasteiger partial charge in [0, 0.05) is 0 Å². The lowest BCUT2D eigenvalue weighted by Gasteiger charge is -2.38. The van der Waals surface area contributed by atoms with Crippen LogP contribution in [0.15, 0.2) is 42.5 Å². The summed E-state index contributed by atoms with van der Waals surface area (Å²) in [4.78, 5) is 11.1. The molecule has 122 valence electrons. The Morgan fingerprint density at radius 2 is 1.65 bits per heavy atom. The molecule has 3 rings (SSSR count). The number of aliphatic carboxylic acids is 1. The predicted octanol–water partition coefficient (Wildman–Crippen LogP) is 0.111. The Labute approximate surface area is 131 Å². The number of ether oxygens (including phenoxy) is 2. The molecule has 2 aromatic rings. The third-order valence-corrected chi connectivity index (χ3v) is 3.79. The van der Waals surface area contributed by atoms with E-state index in [-0.39, 0.29) is 0 Å². The smallest absolute Gasteiger partial charge is 0.335 e. The molecule has 1 saturated heterocycles. The Morgan fingerprint density at radius 3 is 2.35 bits per heavy atom. The summed E-state index contributed by atoms with van der Waals surface area (Å²) in [5, 5.41) is 40.2. The van der Waals surface area contributed by atoms with Crippen molar-refractivity contribution < 1.29 is 34.7 Å². The van der Waals surface area contributed by atoms with Gasteiger partial charge in [-0.15, -0.1) is 0 Å². The van der Waals surface area contributed by atoms with Crippen LogP contribution in [0.3, 0.4) is 0 Å². The molecule has 5 atom stereocenters. The Balaban J connectivity index is 1.83. The van der Waals surface area contributed by atoms with Crippen LogP contribution >= 0.6 is 0 Å². The second-order valence-corrected chi connectivity index (χ2v) is 5.36. The number of carboxylic acid groups (broad SMARTS) is 1. The van der Waals surface area contributed by atoms with Crippen LogP contribution in [-0.2, 0) is 9.53 Å². The van der Waals surface area contributed by atoms with Crippen molar-refractivity contribution in [3.63, 3.8) is 0 Å². The highest BCUT2D eigenvalue weighted by atomic mass is 16.7. The average molecular weight is 320 g/mol. The number of aliphatic hydroxyl groups is 3. The van der Waals surface area contributed by atoms with E-state index in [0.29, 0.717) is 5.75 Å². The van der Waals surface area contributed by atoms with E-state index < -0.39 is 36.7 Å². The molecule has 0 bridgehead atoms. The van der Waals surface area contributed by atoms with Crippen molar-refractivity contribution in [2.45, 2.75) is 30.7 Å². The number of rotatable bonds is 3. The lowest BCUT2D eigenvalue weighted by Crippen LogP contribution is -2.61. The van der Waals surface area contributed by atoms with Crippen LogP contribution in [0.2, 0.25) is 0 Å². The third-order valence-electron chi connectivity index (χ3n) is 3.79. The first-order valence-corrected chi connectivity index (χ1v) is 7.05. The lowest BCUT2D eigenvalue weighted by molar-refractivity contribution is -0.271. The summed E-state index contributed by atoms with van der Waals surface area (Å²) in [6.45, 7) is 0. The van der Waals surface area contributed by atoms with Gasteiger partial charge in [-0.05, 0) is 22.9 Å². The Bertz CT molecular complexity index is 716. The Kier molecular flexibility index (Phi) is 4.18. The highest BCUT2D eigenvalue weighted by Crippen LogP contribution is 2.26. The van der Waals surface area contributed by atoms with Gasteiger partial charge in [-0.3, -0.25) is 0 Å². The van der Waals surface area contributed by atoms with Crippen molar-refractivity contribution in [2.24, 2.45) is 0 Å². The summed E-state index contributed by atoms with van der Waals surface area (Å²) in [5.74, 6) is -1.10. The van der Waals surface area contributed by atoms with E-state index in [9.17, 15) is 20.1 Å². The molecule has 5 unspecified atom stereocenters. The van der Waals surface area contributed by atoms with Crippen LogP contribution in [0, 0.1) is 0 Å². The number of carbonyl (C=O) groups is 1. The maximum absolute atomic E-state index is 11.1. The topological polar surface area (TPSA) is 116 Å². The summed E-state index contributed by atoms with van der Waals surface area (Å²) in [7, 11) is 0. The van der Waals surface area contributed by atoms with Gasteiger partial charge < -0.3 is 29.9 Å². The first kappa shape index (κ1) is 15.7. The molecule has 1 heterocycles. The molecular formula is C16H16O7. The minimum absolute atomic E-state index is 0.348. The summed E-state index contributed by atoms with van der Waals surface area (Å²) in [6.07, 6.45) is -8.09. The predicted molar refractivity (Wildman–Crippen MR) is 78.9 cm³/mol. The molecule has 4 N–H and O–H groups in total. The van der Waals surface area contributed by atoms with Gasteiger partial charge in [0.15, 0.2) is 6.10 Å². The lowest BCUT2D eigenvalue weighted by atomic mass is 9.99. The third kappa shape index (κ3) is 2.99. The number of hydrogen-bond donors (Lipinski definition) is 4. The van der Waals surface area contributed by atoms with Gasteiger partial charge in [0.1, 0.15) is 24.1 Å². The van der Waals surface area contributed by atoms with E-state index in [2.05, 4.69) is 0 Å². The first-order valence-electron chi connectivity index (χ1n) is 7.05. The fourth-order valence-electron chi connectivity index (χ4n) is 2.52. The molecule has 23 heavy (non-hydrogen) atoms. The van der Waals surface area contributed by atoms with Gasteiger partial charge in [-0.1, -0.05) is 30.3 Å². The van der Waals surface area contributed by atoms with Crippen LogP contribution in [0.4, 0.5) is 0 Å². The molecule has 0 amide bonds. The standard InChI is InChI=1S/C16H16O7/c17-11-12(18)14(15(20)21)23-16(13(11)19)22-10-6-5-8-3-1-2-4-9(8)7-10/h1-7,11-14,16-19H,(H,20,21). The van der Waals surface area contributed by atoms with E-state index in [0.717, 1.165) is 10.8 Å². The Hall–Kier alpha value is -2.19. The number of aliphatic hydroxyl groups excluding tert-OH is 3. The van der Waals surface area contributed by atoms with Crippen molar-refractivity contribution in [2.75, 3.05) is 0 Å². The molecule has 2 aromatic carbocycles. The van der Waals surface area contributed by atoms with Crippen molar-refractivity contribution in [1.82, 2.24) is 0 Å². The second-order valence-electron chi connectivity index (χ2n) is 5.36. The zero-order valence-electron chi connectivity index (χ0n) is 11.9. The number of fused-ring (bicyclic) bond motifs is 1. The zero-order valence-corrected chi connectivity index (χ0v) is 11.9. The van der Waals surface area contributed by atoms with Gasteiger partial charge in [-0.25, -0.2) is 4.79 Å². The van der Waals surface area contributed by atoms with Crippen LogP contribution in [0.5, 0.6) is 5.75 Å². The fourth-order valence-corrected chi connectivity index (χ4v) is 2.52. The largest absolute Gasteiger partial charge is 0.479 e. The maximum atomic E-state index is 11.1. The van der Waals surface area contributed by atoms with Crippen LogP contribution < -0.4 is 4.74 Å². The highest BCUT2D eigenvalue weighted by molar-refractivity contribution is 5.83. The first-order chi connectivity index (χ1) is 11.0. The van der Waals surface area contributed by atoms with E-state index in [1.54, 1.807) is 18.2 Å². The van der Waals surface area contributed by atoms with Crippen molar-refractivity contribution >= 4 is 16.7 Å². The zero-order chi connectivity index (χ0) is 16.6. The van der Waals surface area contributed by atoms with E-state index >= 15 is 0 Å². The molecular weight excluding hydrogens is 304 g/mol. The van der Waals surface area contributed by atoms with E-state index in [1.807, 2.05) is 24.3 Å². The summed E-state index contributed by atoms with van der Waals surface area (Å²) < 4.78 is 10.5. The molecule has 7 nitrogen and oxygen atoms in total. The summed E-state index contributed by atoms with van der Waals surface area (Å²) in [6, 6.07) is 12.7. The van der Waals surface area contributed by atoms with E-state index in [1.165, 1.54) is 0 Å². The van der Waals surface area contributed by atoms with Crippen LogP contribution in [0.25, 0.3) is 10.8 Å². The molecule has 0 aromatic heterocycles. The molecule has 1 fully saturated rings. The molecule has 1 aliphatic heterocycles. The van der Waals surface area contributed by atoms with Crippen molar-refractivity contribution in [3.05, 3.63) is 42.5 Å². The minimum Gasteiger partial charge on any atom is -0.479 e. The SMILES string of the molecule is O=C(O)C1OC(Oc2ccc3ccccc3c2)C(O)C(O)C1O. The van der Waals surface area contributed by atoms with E-state index in [4.69, 9.17) is 14.6 Å². The summed E-state index contributed by atoms with van der Waals surface area (Å²) >= 11 is 0. The Morgan fingerprint density at radius 1 is 0.957 bits per heavy atom. The quantitative estimate of drug-likeness (QED) is 0.634. The number of hydrogen-bond acceptors (Lipinski definition) is 6. The molecule has 1 aliphatic rings. The van der Waals surface area contributed by atoms with Gasteiger partial charge in [0.05, 0.1) is 0 Å². The van der Waals surface area contributed by atoms with Gasteiger partial charge in [-0.2, -0.15) is 0 Å². The van der Waals surface area contributed by atoms with Gasteiger partial charge >= 0.3 is 5.97 Å². The molecule has 0 saturated carbocycles. The second kappa shape index (κ2) is 6.13. The number of benzene rings is 2. The van der Waals surface area contributed by atoms with Crippen molar-refractivity contribution in [3.8, 4) is 5.75 Å². The monoisotopic (exact) mass is 320 g/mol. The molecule has 0 aliphatic carbocycles. The van der Waals surface area contributed by atoms with Crippen LogP contribution in [0.1, 0.15) is 0 Å². The highest BCUT2D eigenvalue weighted by Gasteiger charge is 2.48. The van der Waals surface area contributed by atoms with Crippen LogP contribution in [-0.4, -0.2) is 57.1 Å². The summed E-state index contributed by atoms with van der Waals surface area (Å²) in [5.41, 5.74) is 0. The maximum Gasteiger partial charge on any atom is 0.335 e. The average Bonchev–Trinajstić information content (AvgIpc) is 2.55. The van der Waals surface area contributed by atoms with Gasteiger partial charge in [0.25, 0.3) is 0 Å². The minimum atomic E-state index is -1.74.